The van der Waals surface area contributed by atoms with E-state index in [1.54, 1.807) is 13.8 Å². The average molecular weight is 1160 g/mol. The van der Waals surface area contributed by atoms with E-state index in [2.05, 4.69) is 28.9 Å². The molecule has 4 heterocycles. The van der Waals surface area contributed by atoms with Crippen molar-refractivity contribution in [3.63, 3.8) is 0 Å². The fraction of sp³-hybridized carbons (Fsp3) is 0.278. The average Bonchev–Trinajstić information content (AvgIpc) is 3.88. The first-order chi connectivity index (χ1) is 33.8. The van der Waals surface area contributed by atoms with Gasteiger partial charge in [0.05, 0.1) is 35.6 Å². The molecule has 3 aliphatic rings. The lowest BCUT2D eigenvalue weighted by Gasteiger charge is -2.25. The minimum atomic E-state index is -5.84. The lowest BCUT2D eigenvalue weighted by Crippen LogP contribution is -2.36. The molecule has 1 fully saturated rings. The van der Waals surface area contributed by atoms with Crippen LogP contribution in [0.4, 0.5) is 11.5 Å². The third-order valence-corrected chi connectivity index (χ3v) is 18.9. The Balaban J connectivity index is 1.07. The maximum absolute atomic E-state index is 13.6. The van der Waals surface area contributed by atoms with E-state index in [-0.39, 0.29) is 63.5 Å². The van der Waals surface area contributed by atoms with Gasteiger partial charge in [0.15, 0.2) is 32.6 Å². The number of carboxylic acid groups (broad SMARTS) is 1. The number of nitrogens with one attached hydrogen (secondary N) is 2. The monoisotopic (exact) mass is 1160 g/mol. The van der Waals surface area contributed by atoms with E-state index in [1.807, 2.05) is 0 Å². The van der Waals surface area contributed by atoms with Crippen LogP contribution in [0.5, 0.6) is 0 Å². The highest BCUT2D eigenvalue weighted by Gasteiger charge is 2.44. The Hall–Kier alpha value is -4.93. The van der Waals surface area contributed by atoms with Gasteiger partial charge >= 0.3 is 29.4 Å². The van der Waals surface area contributed by atoms with E-state index in [1.165, 1.54) is 46.2 Å². The third kappa shape index (κ3) is 12.8. The van der Waals surface area contributed by atoms with Gasteiger partial charge in [0.2, 0.25) is 0 Å². The second-order valence-electron chi connectivity index (χ2n) is 16.0. The molecule has 1 saturated heterocycles. The minimum absolute atomic E-state index is 0.0194. The number of phosphoric ester groups is 1. The molecule has 0 bridgehead atoms. The van der Waals surface area contributed by atoms with Crippen molar-refractivity contribution >= 4 is 111 Å². The summed E-state index contributed by atoms with van der Waals surface area (Å²) in [5.41, 5.74) is 9.56. The molecular formula is C36H39N8O22P3S4. The minimum Gasteiger partial charge on any atom is -0.478 e. The standard InChI is InChI=1S/C36H39N8O22P3S4/c1-36(2,71-70-15-61-23-10-25(44-14-43-27-32(39)41-13-42-33(27)44)63-24(23)11-62-68(51,52)66-69(53,54)65-67(48,49)50)12-40-34(45)16-3-4-17(20(9-16)35(46)47)26-18-5-7-21(37)30(72(55,56)57)28(18)64-29-19(26)6-8-22(38)31(29)73(58,59)60/h3-9,13-14,23-25,37H,10-12,15,38H2,1-2H3,(H,40,45)(H,46,47)(H,51,52)(H,53,54)(H2,39,41,42)(H2,48,49,50)(H,55,56,57)(H,58,59,60)/t23?,24-,25-/m1/s1. The number of hydrogen-bond acceptors (Lipinski definition) is 23. The fourth-order valence-electron chi connectivity index (χ4n) is 7.35. The summed E-state index contributed by atoms with van der Waals surface area (Å²) in [5.74, 6) is -3.21. The molecule has 7 rings (SSSR count). The topological polar surface area (TPSA) is 486 Å². The number of fused-ring (bicyclic) bond motifs is 3. The molecule has 394 valence electrons. The first kappa shape index (κ1) is 55.8. The number of carbonyl (C=O) groups excluding carboxylic acids is 1. The number of aromatic nitrogens is 4. The normalized spacial score (nSPS) is 18.5. The molecule has 13 N–H and O–H groups in total. The SMILES string of the molecule is CC(C)(CNC(=O)c1ccc(-c2c3ccc(=N)c(S(=O)(=O)O)c-3oc3c(S(=O)(=O)O)c(N)ccc23)c(C(=O)O)c1)SSCOC1C[C@H](n2cnc3c(N)ncnc32)O[C@@H]1COP(=O)(O)OP(=O)(O)OP(=O)(O)O. The molecule has 73 heavy (non-hydrogen) atoms. The Labute approximate surface area is 418 Å². The van der Waals surface area contributed by atoms with Gasteiger partial charge < -0.3 is 55.4 Å². The molecule has 2 aliphatic heterocycles. The lowest BCUT2D eigenvalue weighted by molar-refractivity contribution is -0.0522. The number of nitrogens with zero attached hydrogens (tertiary/aromatic N) is 4. The maximum atomic E-state index is 13.6. The van der Waals surface area contributed by atoms with Crippen molar-refractivity contribution in [1.29, 1.82) is 5.41 Å². The molecule has 30 nitrogen and oxygen atoms in total. The number of aromatic carboxylic acids is 1. The van der Waals surface area contributed by atoms with Crippen molar-refractivity contribution < 1.29 is 101 Å². The summed E-state index contributed by atoms with van der Waals surface area (Å²) in [5, 5.41) is 20.4. The summed E-state index contributed by atoms with van der Waals surface area (Å²) in [6.07, 6.45) is -0.573. The van der Waals surface area contributed by atoms with Crippen LogP contribution in [0.2, 0.25) is 0 Å². The number of rotatable bonds is 20. The number of carboxylic acids is 1. The molecule has 1 aliphatic carbocycles. The van der Waals surface area contributed by atoms with Gasteiger partial charge in [-0.1, -0.05) is 27.7 Å². The summed E-state index contributed by atoms with van der Waals surface area (Å²) in [4.78, 5) is 74.0. The van der Waals surface area contributed by atoms with Gasteiger partial charge in [0.25, 0.3) is 26.1 Å². The maximum Gasteiger partial charge on any atom is 0.490 e. The third-order valence-electron chi connectivity index (χ3n) is 10.3. The van der Waals surface area contributed by atoms with Gasteiger partial charge in [-0.25, -0.2) is 33.4 Å². The van der Waals surface area contributed by atoms with Crippen molar-refractivity contribution in [1.82, 2.24) is 24.8 Å². The van der Waals surface area contributed by atoms with E-state index >= 15 is 0 Å². The number of anilines is 2. The molecule has 37 heteroatoms. The van der Waals surface area contributed by atoms with Crippen molar-refractivity contribution in [3.05, 3.63) is 71.6 Å². The van der Waals surface area contributed by atoms with Gasteiger partial charge in [-0.15, -0.1) is 0 Å². The highest BCUT2D eigenvalue weighted by molar-refractivity contribution is 8.77. The first-order valence-electron chi connectivity index (χ1n) is 20.0. The van der Waals surface area contributed by atoms with Crippen molar-refractivity contribution in [2.75, 3.05) is 30.6 Å². The zero-order valence-corrected chi connectivity index (χ0v) is 42.9. The molecule has 4 aromatic rings. The quantitative estimate of drug-likeness (QED) is 0.00986. The van der Waals surface area contributed by atoms with E-state index in [0.717, 1.165) is 35.1 Å². The van der Waals surface area contributed by atoms with Crippen LogP contribution in [-0.4, -0.2) is 118 Å². The molecule has 3 unspecified atom stereocenters. The van der Waals surface area contributed by atoms with Crippen LogP contribution in [0.1, 0.15) is 47.2 Å². The van der Waals surface area contributed by atoms with Crippen LogP contribution in [0, 0.1) is 5.41 Å². The number of nitrogens with two attached hydrogens (primary N) is 2. The van der Waals surface area contributed by atoms with E-state index in [0.29, 0.717) is 0 Å². The summed E-state index contributed by atoms with van der Waals surface area (Å²) in [6, 6.07) is 7.78. The van der Waals surface area contributed by atoms with E-state index < -0.39 is 123 Å². The number of phosphoric acid groups is 3. The van der Waals surface area contributed by atoms with Crippen LogP contribution in [-0.2, 0) is 56.6 Å². The molecular weight excluding hydrogens is 1120 g/mol. The number of nitrogen functional groups attached to an aromatic ring is 2. The summed E-state index contributed by atoms with van der Waals surface area (Å²) >= 11 is 0. The van der Waals surface area contributed by atoms with Crippen LogP contribution in [0.15, 0.2) is 69.3 Å². The van der Waals surface area contributed by atoms with Crippen LogP contribution in [0.3, 0.4) is 0 Å². The lowest BCUT2D eigenvalue weighted by atomic mass is 9.89. The summed E-state index contributed by atoms with van der Waals surface area (Å²) in [6.45, 7) is 2.57. The zero-order chi connectivity index (χ0) is 53.8. The smallest absolute Gasteiger partial charge is 0.478 e. The molecule has 1 amide bonds. The van der Waals surface area contributed by atoms with Gasteiger partial charge in [0.1, 0.15) is 30.1 Å². The second kappa shape index (κ2) is 20.7. The van der Waals surface area contributed by atoms with Gasteiger partial charge in [-0.2, -0.15) is 25.5 Å². The predicted octanol–water partition coefficient (Wildman–Crippen LogP) is 3.74. The van der Waals surface area contributed by atoms with E-state index in [4.69, 9.17) is 45.1 Å². The number of amides is 1. The summed E-state index contributed by atoms with van der Waals surface area (Å²) in [7, 11) is -25.2. The number of hydrogen-bond donors (Lipinski definition) is 11. The zero-order valence-electron chi connectivity index (χ0n) is 36.9. The fourth-order valence-corrected chi connectivity index (χ4v) is 14.0. The number of ether oxygens (including phenoxy) is 2. The largest absolute Gasteiger partial charge is 0.490 e. The van der Waals surface area contributed by atoms with Crippen LogP contribution < -0.4 is 22.1 Å². The molecule has 0 radical (unpaired) electrons. The van der Waals surface area contributed by atoms with Crippen LogP contribution >= 0.6 is 45.1 Å². The van der Waals surface area contributed by atoms with Crippen LogP contribution in [0.25, 0.3) is 44.6 Å². The van der Waals surface area contributed by atoms with Gasteiger partial charge in [-0.3, -0.25) is 28.4 Å². The summed E-state index contributed by atoms with van der Waals surface area (Å²) < 4.78 is 137. The van der Waals surface area contributed by atoms with Crippen molar-refractivity contribution in [2.24, 2.45) is 0 Å². The Morgan fingerprint density at radius 1 is 0.945 bits per heavy atom. The highest BCUT2D eigenvalue weighted by atomic mass is 33.1. The molecule has 2 aromatic heterocycles. The Morgan fingerprint density at radius 2 is 1.63 bits per heavy atom. The molecule has 2 aromatic carbocycles. The van der Waals surface area contributed by atoms with Gasteiger partial charge in [0, 0.05) is 39.8 Å². The highest BCUT2D eigenvalue weighted by Crippen LogP contribution is 2.66. The molecule has 5 atom stereocenters. The molecule has 0 spiro atoms. The number of benzene rings is 3. The Kier molecular flexibility index (Phi) is 15.8. The Morgan fingerprint density at radius 3 is 2.29 bits per heavy atom. The first-order valence-corrected chi connectivity index (χ1v) is 29.7. The van der Waals surface area contributed by atoms with Crippen molar-refractivity contribution in [2.45, 2.75) is 53.2 Å². The Bertz CT molecular complexity index is 3610. The predicted molar refractivity (Wildman–Crippen MR) is 255 cm³/mol. The van der Waals surface area contributed by atoms with E-state index in [9.17, 15) is 64.1 Å². The number of imidazole rings is 1. The number of carbonyl (C=O) groups is 2. The molecule has 0 saturated carbocycles. The second-order valence-corrected chi connectivity index (χ2v) is 26.1. The van der Waals surface area contributed by atoms with Gasteiger partial charge in [-0.05, 0) is 55.8 Å². The van der Waals surface area contributed by atoms with Crippen molar-refractivity contribution in [3.8, 4) is 22.5 Å².